The molecule has 0 spiro atoms. The van der Waals surface area contributed by atoms with Crippen LogP contribution in [0.3, 0.4) is 0 Å². The van der Waals surface area contributed by atoms with Gasteiger partial charge in [0.1, 0.15) is 5.52 Å². The number of aromatic nitrogens is 1. The van der Waals surface area contributed by atoms with E-state index in [1.54, 1.807) is 30.0 Å². The van der Waals surface area contributed by atoms with Crippen molar-refractivity contribution < 1.29 is 18.7 Å². The Morgan fingerprint density at radius 3 is 3.12 bits per heavy atom. The molecule has 25 heavy (non-hydrogen) atoms. The van der Waals surface area contributed by atoms with E-state index >= 15 is 0 Å². The third-order valence-corrected chi connectivity index (χ3v) is 5.09. The van der Waals surface area contributed by atoms with Gasteiger partial charge in [-0.15, -0.1) is 0 Å². The zero-order chi connectivity index (χ0) is 17.8. The highest BCUT2D eigenvalue weighted by molar-refractivity contribution is 7.99. The van der Waals surface area contributed by atoms with Crippen molar-refractivity contribution in [3.8, 4) is 0 Å². The minimum Gasteiger partial charge on any atom is -0.466 e. The van der Waals surface area contributed by atoms with Crippen LogP contribution in [0.2, 0.25) is 5.02 Å². The van der Waals surface area contributed by atoms with E-state index in [0.29, 0.717) is 41.0 Å². The fourth-order valence-corrected chi connectivity index (χ4v) is 3.72. The number of benzene rings is 1. The van der Waals surface area contributed by atoms with Gasteiger partial charge in [0.2, 0.25) is 5.91 Å². The van der Waals surface area contributed by atoms with Gasteiger partial charge >= 0.3 is 5.97 Å². The lowest BCUT2D eigenvalue weighted by Crippen LogP contribution is -2.43. The average molecular weight is 383 g/mol. The number of fused-ring (bicyclic) bond motifs is 1. The molecular formula is C17H19ClN2O4S. The summed E-state index contributed by atoms with van der Waals surface area (Å²) < 4.78 is 10.7. The second kappa shape index (κ2) is 8.10. The predicted molar refractivity (Wildman–Crippen MR) is 95.7 cm³/mol. The Morgan fingerprint density at radius 1 is 1.48 bits per heavy atom. The van der Waals surface area contributed by atoms with Gasteiger partial charge in [0, 0.05) is 18.1 Å². The molecule has 0 N–H and O–H groups in total. The maximum atomic E-state index is 12.4. The number of halogens is 1. The first-order chi connectivity index (χ1) is 12.1. The van der Waals surface area contributed by atoms with E-state index in [-0.39, 0.29) is 23.5 Å². The van der Waals surface area contributed by atoms with Gasteiger partial charge in [0.15, 0.2) is 5.58 Å². The summed E-state index contributed by atoms with van der Waals surface area (Å²) >= 11 is 7.18. The number of thioether (sulfide) groups is 1. The molecular weight excluding hydrogens is 364 g/mol. The van der Waals surface area contributed by atoms with Gasteiger partial charge in [-0.05, 0) is 38.0 Å². The number of hydrogen-bond donors (Lipinski definition) is 0. The number of ether oxygens (including phenoxy) is 1. The minimum atomic E-state index is -0.228. The standard InChI is InChI=1S/C17H19ClN2O4S/c1-2-23-16(22)11-4-3-7-20(9-11)15(21)10-25-17-19-13-8-12(18)5-6-14(13)24-17/h5-6,8,11H,2-4,7,9-10H2,1H3. The average Bonchev–Trinajstić information content (AvgIpc) is 3.02. The van der Waals surface area contributed by atoms with Crippen molar-refractivity contribution in [3.05, 3.63) is 23.2 Å². The van der Waals surface area contributed by atoms with Crippen molar-refractivity contribution in [1.82, 2.24) is 9.88 Å². The molecule has 1 aromatic heterocycles. The lowest BCUT2D eigenvalue weighted by Gasteiger charge is -2.31. The molecule has 1 aromatic carbocycles. The summed E-state index contributed by atoms with van der Waals surface area (Å²) in [4.78, 5) is 30.3. The minimum absolute atomic E-state index is 0.0284. The highest BCUT2D eigenvalue weighted by Gasteiger charge is 2.29. The third kappa shape index (κ3) is 4.46. The molecule has 8 heteroatoms. The molecule has 3 rings (SSSR count). The Bertz CT molecular complexity index is 779. The number of oxazole rings is 1. The molecule has 1 saturated heterocycles. The van der Waals surface area contributed by atoms with Crippen molar-refractivity contribution in [1.29, 1.82) is 0 Å². The SMILES string of the molecule is CCOC(=O)C1CCCN(C(=O)CSc2nc3cc(Cl)ccc3o2)C1. The normalized spacial score (nSPS) is 17.7. The van der Waals surface area contributed by atoms with Crippen LogP contribution in [0.25, 0.3) is 11.1 Å². The van der Waals surface area contributed by atoms with Crippen molar-refractivity contribution >= 4 is 46.3 Å². The predicted octanol–water partition coefficient (Wildman–Crippen LogP) is 3.38. The van der Waals surface area contributed by atoms with Crippen LogP contribution in [0, 0.1) is 5.92 Å². The van der Waals surface area contributed by atoms with Crippen LogP contribution in [0.1, 0.15) is 19.8 Å². The smallest absolute Gasteiger partial charge is 0.310 e. The molecule has 2 aromatic rings. The second-order valence-corrected chi connectivity index (χ2v) is 7.17. The molecule has 1 amide bonds. The number of esters is 1. The van der Waals surface area contributed by atoms with Gasteiger partial charge in [-0.2, -0.15) is 0 Å². The maximum Gasteiger partial charge on any atom is 0.310 e. The molecule has 0 radical (unpaired) electrons. The van der Waals surface area contributed by atoms with E-state index in [2.05, 4.69) is 4.98 Å². The van der Waals surface area contributed by atoms with E-state index in [1.807, 2.05) is 0 Å². The van der Waals surface area contributed by atoms with Crippen LogP contribution in [-0.4, -0.2) is 47.2 Å². The first-order valence-corrected chi connectivity index (χ1v) is 9.56. The van der Waals surface area contributed by atoms with Gasteiger partial charge in [-0.25, -0.2) is 4.98 Å². The lowest BCUT2D eigenvalue weighted by atomic mass is 9.98. The van der Waals surface area contributed by atoms with Gasteiger partial charge in [0.05, 0.1) is 18.3 Å². The zero-order valence-electron chi connectivity index (χ0n) is 13.9. The van der Waals surface area contributed by atoms with E-state index in [9.17, 15) is 9.59 Å². The van der Waals surface area contributed by atoms with E-state index in [1.165, 1.54) is 11.8 Å². The topological polar surface area (TPSA) is 72.6 Å². The van der Waals surface area contributed by atoms with Crippen molar-refractivity contribution in [2.45, 2.75) is 25.0 Å². The zero-order valence-corrected chi connectivity index (χ0v) is 15.4. The van der Waals surface area contributed by atoms with Crippen LogP contribution >= 0.6 is 23.4 Å². The number of amides is 1. The number of carbonyl (C=O) groups is 2. The molecule has 1 aliphatic rings. The Hall–Kier alpha value is -1.73. The molecule has 1 atom stereocenters. The molecule has 0 saturated carbocycles. The molecule has 1 aliphatic heterocycles. The van der Waals surface area contributed by atoms with E-state index in [0.717, 1.165) is 12.8 Å². The van der Waals surface area contributed by atoms with Crippen LogP contribution in [0.5, 0.6) is 0 Å². The van der Waals surface area contributed by atoms with Gasteiger partial charge in [-0.1, -0.05) is 23.4 Å². The summed E-state index contributed by atoms with van der Waals surface area (Å²) in [6.07, 6.45) is 1.57. The Kier molecular flexibility index (Phi) is 5.86. The Labute approximate surface area is 154 Å². The van der Waals surface area contributed by atoms with Crippen LogP contribution < -0.4 is 0 Å². The Balaban J connectivity index is 1.56. The number of piperidine rings is 1. The van der Waals surface area contributed by atoms with E-state index < -0.39 is 0 Å². The van der Waals surface area contributed by atoms with E-state index in [4.69, 9.17) is 20.8 Å². The lowest BCUT2D eigenvalue weighted by molar-refractivity contribution is -0.151. The fourth-order valence-electron chi connectivity index (χ4n) is 2.81. The number of hydrogen-bond acceptors (Lipinski definition) is 6. The molecule has 2 heterocycles. The number of carbonyl (C=O) groups excluding carboxylic acids is 2. The summed E-state index contributed by atoms with van der Waals surface area (Å²) in [6, 6.07) is 5.21. The summed E-state index contributed by atoms with van der Waals surface area (Å²) in [7, 11) is 0. The molecule has 1 fully saturated rings. The van der Waals surface area contributed by atoms with Crippen molar-refractivity contribution in [2.24, 2.45) is 5.92 Å². The summed E-state index contributed by atoms with van der Waals surface area (Å²) in [5.74, 6) is -0.257. The molecule has 134 valence electrons. The number of likely N-dealkylation sites (tertiary alicyclic amines) is 1. The van der Waals surface area contributed by atoms with Gasteiger partial charge in [-0.3, -0.25) is 9.59 Å². The van der Waals surface area contributed by atoms with Crippen molar-refractivity contribution in [3.63, 3.8) is 0 Å². The molecule has 6 nitrogen and oxygen atoms in total. The summed E-state index contributed by atoms with van der Waals surface area (Å²) in [6.45, 7) is 3.23. The molecule has 0 bridgehead atoms. The first-order valence-electron chi connectivity index (χ1n) is 8.20. The van der Waals surface area contributed by atoms with Gasteiger partial charge < -0.3 is 14.1 Å². The first kappa shape index (κ1) is 18.1. The quantitative estimate of drug-likeness (QED) is 0.583. The van der Waals surface area contributed by atoms with Crippen LogP contribution in [0.4, 0.5) is 0 Å². The highest BCUT2D eigenvalue weighted by Crippen LogP contribution is 2.26. The Morgan fingerprint density at radius 2 is 2.32 bits per heavy atom. The molecule has 1 unspecified atom stereocenters. The fraction of sp³-hybridized carbons (Fsp3) is 0.471. The summed E-state index contributed by atoms with van der Waals surface area (Å²) in [5.41, 5.74) is 1.31. The third-order valence-electron chi connectivity index (χ3n) is 4.04. The largest absolute Gasteiger partial charge is 0.466 e. The molecule has 0 aliphatic carbocycles. The number of nitrogens with zero attached hydrogens (tertiary/aromatic N) is 2. The maximum absolute atomic E-state index is 12.4. The second-order valence-electron chi connectivity index (χ2n) is 5.81. The number of rotatable bonds is 5. The van der Waals surface area contributed by atoms with Crippen molar-refractivity contribution in [2.75, 3.05) is 25.4 Å². The monoisotopic (exact) mass is 382 g/mol. The van der Waals surface area contributed by atoms with Crippen LogP contribution in [0.15, 0.2) is 27.8 Å². The van der Waals surface area contributed by atoms with Crippen LogP contribution in [-0.2, 0) is 14.3 Å². The summed E-state index contributed by atoms with van der Waals surface area (Å²) in [5, 5.41) is 1.02. The highest BCUT2D eigenvalue weighted by atomic mass is 35.5. The van der Waals surface area contributed by atoms with Gasteiger partial charge in [0.25, 0.3) is 5.22 Å².